The molecule has 0 spiro atoms. The van der Waals surface area contributed by atoms with Crippen molar-refractivity contribution in [3.8, 4) is 11.5 Å². The normalized spacial score (nSPS) is 10.0. The monoisotopic (exact) mass is 456 g/mol. The van der Waals surface area contributed by atoms with E-state index in [1.54, 1.807) is 0 Å². The van der Waals surface area contributed by atoms with E-state index in [1.165, 1.54) is 14.0 Å². The van der Waals surface area contributed by atoms with E-state index >= 15 is 0 Å². The van der Waals surface area contributed by atoms with Crippen LogP contribution in [-0.4, -0.2) is 17.0 Å². The summed E-state index contributed by atoms with van der Waals surface area (Å²) in [5, 5.41) is 3.67. The molecule has 0 aliphatic rings. The maximum Gasteiger partial charge on any atom is 0.416 e. The molecule has 0 saturated carbocycles. The van der Waals surface area contributed by atoms with Gasteiger partial charge in [-0.05, 0) is 6.92 Å². The average molecular weight is 456 g/mol. The third-order valence-electron chi connectivity index (χ3n) is 3.00. The Kier molecular flexibility index (Phi) is 10.4. The van der Waals surface area contributed by atoms with Crippen LogP contribution < -0.4 is 0 Å². The molecule has 1 aromatic carbocycles. The number of hydrogen-bond acceptors (Lipinski definition) is 3. The number of rotatable bonds is 2. The smallest absolute Gasteiger partial charge is 0.416 e. The molecule has 3 aromatic rings. The number of oxazole rings is 1. The Morgan fingerprint density at radius 3 is 2.15 bits per heavy atom. The van der Waals surface area contributed by atoms with Gasteiger partial charge < -0.3 is 14.7 Å². The third kappa shape index (κ3) is 7.03. The van der Waals surface area contributed by atoms with Crippen LogP contribution in [0.15, 0.2) is 47.0 Å². The molecular formula is C18H17F4N3OY-2. The van der Waals surface area contributed by atoms with Crippen LogP contribution in [0.5, 0.6) is 0 Å². The molecule has 0 N–H and O–H groups in total. The molecule has 0 atom stereocenters. The zero-order valence-electron chi connectivity index (χ0n) is 13.9. The van der Waals surface area contributed by atoms with Gasteiger partial charge in [0.15, 0.2) is 0 Å². The Balaban J connectivity index is 0.000000724. The maximum atomic E-state index is 13.1. The Labute approximate surface area is 180 Å². The van der Waals surface area contributed by atoms with Crippen molar-refractivity contribution in [2.75, 3.05) is 7.05 Å². The molecule has 0 bridgehead atoms. The minimum Gasteiger partial charge on any atom is -0.469 e. The van der Waals surface area contributed by atoms with Crippen LogP contribution in [-0.2, 0) is 38.9 Å². The average Bonchev–Trinajstić information content (AvgIpc) is 2.94. The summed E-state index contributed by atoms with van der Waals surface area (Å²) in [6.45, 7) is 1.29. The van der Waals surface area contributed by atoms with E-state index in [0.717, 1.165) is 6.07 Å². The molecule has 9 heteroatoms. The van der Waals surface area contributed by atoms with E-state index in [1.807, 2.05) is 30.3 Å². The van der Waals surface area contributed by atoms with Crippen LogP contribution in [0.25, 0.3) is 16.8 Å². The molecular weight excluding hydrogens is 439 g/mol. The number of alkyl halides is 3. The van der Waals surface area contributed by atoms with Crippen LogP contribution >= 0.6 is 0 Å². The van der Waals surface area contributed by atoms with Gasteiger partial charge in [-0.3, -0.25) is 0 Å². The van der Waals surface area contributed by atoms with Gasteiger partial charge in [0.25, 0.3) is 0 Å². The van der Waals surface area contributed by atoms with E-state index in [0.29, 0.717) is 6.20 Å². The second kappa shape index (κ2) is 11.1. The summed E-state index contributed by atoms with van der Waals surface area (Å²) in [5.41, 5.74) is -1.56. The van der Waals surface area contributed by atoms with Crippen LogP contribution in [0, 0.1) is 19.0 Å². The number of hydrogen-bond donors (Lipinski definition) is 0. The van der Waals surface area contributed by atoms with Gasteiger partial charge >= 0.3 is 12.2 Å². The molecule has 0 unspecified atom stereocenters. The standard InChI is InChI=1S/C11H8F4N3O.C6H5.CH4.Y/c1-5-9(12)19-10(18-5)6-3-8(16-2)17-4-7(6)11(13,14)15;1-2-4-6-5-3-1;;/h3-4H,1-2H3;1-5H;1H4;/q2*-1;;. The van der Waals surface area contributed by atoms with Crippen molar-refractivity contribution in [2.24, 2.45) is 0 Å². The summed E-state index contributed by atoms with van der Waals surface area (Å²) in [6.07, 6.45) is -4.03. The minimum absolute atomic E-state index is 0. The maximum absolute atomic E-state index is 13.1. The van der Waals surface area contributed by atoms with Gasteiger partial charge in [-0.15, -0.1) is 0 Å². The minimum atomic E-state index is -4.65. The zero-order chi connectivity index (χ0) is 18.4. The fourth-order valence-corrected chi connectivity index (χ4v) is 1.80. The van der Waals surface area contributed by atoms with Gasteiger partial charge in [0, 0.05) is 38.3 Å². The molecule has 2 aromatic heterocycles. The summed E-state index contributed by atoms with van der Waals surface area (Å²) in [4.78, 5) is 7.15. The Morgan fingerprint density at radius 2 is 1.78 bits per heavy atom. The molecule has 27 heavy (non-hydrogen) atoms. The molecule has 0 fully saturated rings. The van der Waals surface area contributed by atoms with Gasteiger partial charge in [0.05, 0.1) is 5.56 Å². The predicted molar refractivity (Wildman–Crippen MR) is 90.4 cm³/mol. The first-order valence-electron chi connectivity index (χ1n) is 7.04. The van der Waals surface area contributed by atoms with Crippen molar-refractivity contribution in [1.82, 2.24) is 9.97 Å². The van der Waals surface area contributed by atoms with Crippen molar-refractivity contribution >= 4 is 5.82 Å². The first kappa shape index (κ1) is 25.2. The summed E-state index contributed by atoms with van der Waals surface area (Å²) < 4.78 is 56.2. The van der Waals surface area contributed by atoms with E-state index < -0.39 is 29.2 Å². The largest absolute Gasteiger partial charge is 0.469 e. The molecule has 0 aliphatic heterocycles. The van der Waals surface area contributed by atoms with E-state index in [-0.39, 0.29) is 51.6 Å². The fraction of sp³-hybridized carbons (Fsp3) is 0.222. The van der Waals surface area contributed by atoms with Crippen molar-refractivity contribution in [3.05, 3.63) is 71.2 Å². The third-order valence-corrected chi connectivity index (χ3v) is 3.00. The molecule has 143 valence electrons. The van der Waals surface area contributed by atoms with E-state index in [9.17, 15) is 17.6 Å². The Morgan fingerprint density at radius 1 is 1.15 bits per heavy atom. The molecule has 1 radical (unpaired) electrons. The molecule has 2 heterocycles. The second-order valence-electron chi connectivity index (χ2n) is 4.76. The van der Waals surface area contributed by atoms with Gasteiger partial charge in [0.1, 0.15) is 5.69 Å². The van der Waals surface area contributed by atoms with E-state index in [4.69, 9.17) is 0 Å². The predicted octanol–water partition coefficient (Wildman–Crippen LogP) is 5.96. The first-order chi connectivity index (χ1) is 11.8. The molecule has 0 amide bonds. The number of aryl methyl sites for hydroxylation is 1. The summed E-state index contributed by atoms with van der Waals surface area (Å²) >= 11 is 0. The van der Waals surface area contributed by atoms with Crippen LogP contribution in [0.1, 0.15) is 18.7 Å². The molecule has 3 rings (SSSR count). The van der Waals surface area contributed by atoms with Gasteiger partial charge in [0.2, 0.25) is 5.89 Å². The van der Waals surface area contributed by atoms with Gasteiger partial charge in [-0.2, -0.15) is 54.0 Å². The quantitative estimate of drug-likeness (QED) is 0.353. The number of benzene rings is 1. The molecule has 0 aliphatic carbocycles. The summed E-state index contributed by atoms with van der Waals surface area (Å²) in [7, 11) is 1.38. The first-order valence-corrected chi connectivity index (χ1v) is 7.04. The van der Waals surface area contributed by atoms with Crippen molar-refractivity contribution in [1.29, 1.82) is 0 Å². The van der Waals surface area contributed by atoms with Crippen molar-refractivity contribution < 1.29 is 54.7 Å². The number of nitrogens with zero attached hydrogens (tertiary/aromatic N) is 3. The molecule has 4 nitrogen and oxygen atoms in total. The number of aromatic nitrogens is 2. The molecule has 0 saturated heterocycles. The summed E-state index contributed by atoms with van der Waals surface area (Å²) in [6, 6.07) is 12.5. The van der Waals surface area contributed by atoms with Gasteiger partial charge in [-0.1, -0.05) is 32.6 Å². The zero-order valence-corrected chi connectivity index (χ0v) is 16.7. The SMILES string of the molecule is C.C[N-]c1cc(-c2nc(C)c(F)o2)c(C(F)(F)F)cn1.[Y].[c-]1ccccc1. The second-order valence-corrected chi connectivity index (χ2v) is 4.76. The fourth-order valence-electron chi connectivity index (χ4n) is 1.80. The Hall–Kier alpha value is -1.80. The van der Waals surface area contributed by atoms with Crippen LogP contribution in [0.3, 0.4) is 0 Å². The van der Waals surface area contributed by atoms with Crippen molar-refractivity contribution in [2.45, 2.75) is 20.5 Å². The van der Waals surface area contributed by atoms with Crippen LogP contribution in [0.2, 0.25) is 0 Å². The summed E-state index contributed by atoms with van der Waals surface area (Å²) in [5.74, 6) is -0.381. The number of pyridine rings is 1. The van der Waals surface area contributed by atoms with Crippen LogP contribution in [0.4, 0.5) is 23.4 Å². The van der Waals surface area contributed by atoms with Gasteiger partial charge in [-0.25, -0.2) is 4.98 Å². The van der Waals surface area contributed by atoms with E-state index in [2.05, 4.69) is 25.8 Å². The number of halogens is 4. The van der Waals surface area contributed by atoms with Crippen molar-refractivity contribution in [3.63, 3.8) is 0 Å². The topological polar surface area (TPSA) is 53.0 Å². The Bertz CT molecular complexity index is 777.